The van der Waals surface area contributed by atoms with Gasteiger partial charge in [0.05, 0.1) is 18.3 Å². The Hall–Kier alpha value is -2.33. The Bertz CT molecular complexity index is 740. The second-order valence-electron chi connectivity index (χ2n) is 6.57. The minimum absolute atomic E-state index is 0.0577. The predicted octanol–water partition coefficient (Wildman–Crippen LogP) is 3.30. The zero-order valence-corrected chi connectivity index (χ0v) is 14.3. The van der Waals surface area contributed by atoms with Crippen LogP contribution in [-0.4, -0.2) is 29.9 Å². The highest BCUT2D eigenvalue weighted by atomic mass is 16.5. The van der Waals surface area contributed by atoms with E-state index in [1.54, 1.807) is 18.2 Å². The van der Waals surface area contributed by atoms with Crippen LogP contribution in [0.5, 0.6) is 5.75 Å². The molecule has 126 valence electrons. The van der Waals surface area contributed by atoms with Gasteiger partial charge in [-0.2, -0.15) is 0 Å². The van der Waals surface area contributed by atoms with Crippen molar-refractivity contribution in [2.45, 2.75) is 32.9 Å². The van der Waals surface area contributed by atoms with E-state index in [1.165, 1.54) is 11.1 Å². The number of fused-ring (bicyclic) bond motifs is 1. The van der Waals surface area contributed by atoms with E-state index in [0.717, 1.165) is 19.5 Å². The molecule has 2 aromatic rings. The fourth-order valence-electron chi connectivity index (χ4n) is 3.07. The molecule has 0 aromatic heterocycles. The molecule has 0 amide bonds. The smallest absolute Gasteiger partial charge is 0.176 e. The summed E-state index contributed by atoms with van der Waals surface area (Å²) >= 11 is 0. The number of anilines is 1. The Labute approximate surface area is 143 Å². The Morgan fingerprint density at radius 3 is 2.67 bits per heavy atom. The van der Waals surface area contributed by atoms with Gasteiger partial charge in [-0.05, 0) is 49.6 Å². The number of Topliss-reactive ketones (excluding diaryl/α,β-unsaturated/α-hetero) is 1. The molecule has 3 rings (SSSR count). The second kappa shape index (κ2) is 7.05. The molecule has 1 aliphatic heterocycles. The Balaban J connectivity index is 1.66. The lowest BCUT2D eigenvalue weighted by atomic mass is 9.99. The number of carbonyl (C=O) groups is 1. The predicted molar refractivity (Wildman–Crippen MR) is 96.4 cm³/mol. The first-order chi connectivity index (χ1) is 11.5. The molecule has 0 saturated heterocycles. The summed E-state index contributed by atoms with van der Waals surface area (Å²) in [5, 5.41) is 0. The van der Waals surface area contributed by atoms with Gasteiger partial charge in [0.2, 0.25) is 0 Å². The summed E-state index contributed by atoms with van der Waals surface area (Å²) in [6, 6.07) is 13.7. The number of ketones is 1. The fraction of sp³-hybridized carbons (Fsp3) is 0.350. The molecule has 0 radical (unpaired) electrons. The normalized spacial score (nSPS) is 14.5. The minimum Gasteiger partial charge on any atom is -0.489 e. The van der Waals surface area contributed by atoms with E-state index in [2.05, 4.69) is 29.2 Å². The van der Waals surface area contributed by atoms with Crippen LogP contribution in [-0.2, 0) is 13.0 Å². The lowest BCUT2D eigenvalue weighted by Gasteiger charge is -2.28. The second-order valence-corrected chi connectivity index (χ2v) is 6.57. The Morgan fingerprint density at radius 1 is 1.21 bits per heavy atom. The van der Waals surface area contributed by atoms with Crippen LogP contribution in [0.3, 0.4) is 0 Å². The molecule has 4 heteroatoms. The molecule has 0 aliphatic carbocycles. The minimum atomic E-state index is 0.0577. The topological polar surface area (TPSA) is 55.6 Å². The highest BCUT2D eigenvalue weighted by Gasteiger charge is 2.19. The molecule has 0 bridgehead atoms. The Kier molecular flexibility index (Phi) is 4.86. The SMILES string of the molecule is CC(C)Oc1ccc(C(=O)CN2CCc3ccccc3C2)cc1N. The number of ether oxygens (including phenoxy) is 1. The van der Waals surface area contributed by atoms with Gasteiger partial charge in [0.15, 0.2) is 5.78 Å². The molecule has 1 aliphatic rings. The van der Waals surface area contributed by atoms with Crippen molar-refractivity contribution in [2.75, 3.05) is 18.8 Å². The Morgan fingerprint density at radius 2 is 1.96 bits per heavy atom. The highest BCUT2D eigenvalue weighted by Crippen LogP contribution is 2.24. The van der Waals surface area contributed by atoms with Crippen LogP contribution in [0.4, 0.5) is 5.69 Å². The highest BCUT2D eigenvalue weighted by molar-refractivity contribution is 5.98. The molecule has 2 N–H and O–H groups in total. The summed E-state index contributed by atoms with van der Waals surface area (Å²) in [7, 11) is 0. The average Bonchev–Trinajstić information content (AvgIpc) is 2.56. The third-order valence-electron chi connectivity index (χ3n) is 4.27. The van der Waals surface area contributed by atoms with Crippen molar-refractivity contribution in [2.24, 2.45) is 0 Å². The molecule has 2 aromatic carbocycles. The van der Waals surface area contributed by atoms with Gasteiger partial charge in [-0.1, -0.05) is 24.3 Å². The van der Waals surface area contributed by atoms with Gasteiger partial charge in [0, 0.05) is 18.7 Å². The van der Waals surface area contributed by atoms with E-state index in [9.17, 15) is 4.79 Å². The quantitative estimate of drug-likeness (QED) is 0.677. The van der Waals surface area contributed by atoms with Crippen molar-refractivity contribution < 1.29 is 9.53 Å². The summed E-state index contributed by atoms with van der Waals surface area (Å²) in [4.78, 5) is 14.8. The van der Waals surface area contributed by atoms with Gasteiger partial charge in [-0.15, -0.1) is 0 Å². The lowest BCUT2D eigenvalue weighted by molar-refractivity contribution is 0.0921. The largest absolute Gasteiger partial charge is 0.489 e. The first-order valence-electron chi connectivity index (χ1n) is 8.41. The number of rotatable bonds is 5. The monoisotopic (exact) mass is 324 g/mol. The van der Waals surface area contributed by atoms with Crippen molar-refractivity contribution >= 4 is 11.5 Å². The number of nitrogens with two attached hydrogens (primary N) is 1. The standard InChI is InChI=1S/C20H24N2O2/c1-14(2)24-20-8-7-16(11-18(20)21)19(23)13-22-10-9-15-5-3-4-6-17(15)12-22/h3-8,11,14H,9-10,12-13,21H2,1-2H3. The van der Waals surface area contributed by atoms with Crippen LogP contribution in [0.2, 0.25) is 0 Å². The molecular weight excluding hydrogens is 300 g/mol. The maximum absolute atomic E-state index is 12.6. The molecule has 4 nitrogen and oxygen atoms in total. The van der Waals surface area contributed by atoms with Crippen LogP contribution >= 0.6 is 0 Å². The van der Waals surface area contributed by atoms with Gasteiger partial charge in [0.1, 0.15) is 5.75 Å². The maximum Gasteiger partial charge on any atom is 0.176 e. The molecule has 0 saturated carbocycles. The van der Waals surface area contributed by atoms with Gasteiger partial charge in [0.25, 0.3) is 0 Å². The van der Waals surface area contributed by atoms with Crippen LogP contribution in [0, 0.1) is 0 Å². The number of benzene rings is 2. The molecule has 0 unspecified atom stereocenters. The third kappa shape index (κ3) is 3.77. The van der Waals surface area contributed by atoms with Crippen LogP contribution in [0.25, 0.3) is 0 Å². The number of nitrogens with zero attached hydrogens (tertiary/aromatic N) is 1. The summed E-state index contributed by atoms with van der Waals surface area (Å²) in [5.41, 5.74) is 9.87. The lowest BCUT2D eigenvalue weighted by Crippen LogP contribution is -2.34. The summed E-state index contributed by atoms with van der Waals surface area (Å²) < 4.78 is 5.62. The van der Waals surface area contributed by atoms with E-state index >= 15 is 0 Å². The molecule has 0 spiro atoms. The fourth-order valence-corrected chi connectivity index (χ4v) is 3.07. The number of hydrogen-bond acceptors (Lipinski definition) is 4. The van der Waals surface area contributed by atoms with Crippen LogP contribution in [0.15, 0.2) is 42.5 Å². The van der Waals surface area contributed by atoms with Crippen molar-refractivity contribution in [1.82, 2.24) is 4.90 Å². The summed E-state index contributed by atoms with van der Waals surface area (Å²) in [5.74, 6) is 0.727. The van der Waals surface area contributed by atoms with Crippen molar-refractivity contribution in [3.63, 3.8) is 0 Å². The number of nitrogen functional groups attached to an aromatic ring is 1. The maximum atomic E-state index is 12.6. The van der Waals surface area contributed by atoms with Gasteiger partial charge in [-0.3, -0.25) is 9.69 Å². The van der Waals surface area contributed by atoms with E-state index < -0.39 is 0 Å². The van der Waals surface area contributed by atoms with Gasteiger partial charge in [-0.25, -0.2) is 0 Å². The zero-order valence-electron chi connectivity index (χ0n) is 14.3. The first-order valence-corrected chi connectivity index (χ1v) is 8.41. The summed E-state index contributed by atoms with van der Waals surface area (Å²) in [6.45, 7) is 6.05. The molecule has 0 atom stereocenters. The van der Waals surface area contributed by atoms with Crippen molar-refractivity contribution in [1.29, 1.82) is 0 Å². The third-order valence-corrected chi connectivity index (χ3v) is 4.27. The molecule has 0 fully saturated rings. The summed E-state index contributed by atoms with van der Waals surface area (Å²) in [6.07, 6.45) is 1.05. The van der Waals surface area contributed by atoms with E-state index in [1.807, 2.05) is 13.8 Å². The molecular formula is C20H24N2O2. The first kappa shape index (κ1) is 16.5. The van der Waals surface area contributed by atoms with Crippen LogP contribution in [0.1, 0.15) is 35.3 Å². The zero-order chi connectivity index (χ0) is 17.1. The van der Waals surface area contributed by atoms with Crippen molar-refractivity contribution in [3.8, 4) is 5.75 Å². The van der Waals surface area contributed by atoms with Crippen LogP contribution < -0.4 is 10.5 Å². The van der Waals surface area contributed by atoms with Crippen molar-refractivity contribution in [3.05, 3.63) is 59.2 Å². The average molecular weight is 324 g/mol. The van der Waals surface area contributed by atoms with Gasteiger partial charge >= 0.3 is 0 Å². The number of hydrogen-bond donors (Lipinski definition) is 1. The van der Waals surface area contributed by atoms with E-state index in [0.29, 0.717) is 23.5 Å². The molecule has 1 heterocycles. The number of carbonyl (C=O) groups excluding carboxylic acids is 1. The van der Waals surface area contributed by atoms with E-state index in [-0.39, 0.29) is 11.9 Å². The van der Waals surface area contributed by atoms with Gasteiger partial charge < -0.3 is 10.5 Å². The molecule has 24 heavy (non-hydrogen) atoms. The van der Waals surface area contributed by atoms with E-state index in [4.69, 9.17) is 10.5 Å².